The maximum atomic E-state index is 16.6. The van der Waals surface area contributed by atoms with E-state index in [1.807, 2.05) is 0 Å². The Kier molecular flexibility index (Phi) is 30.7. The molecule has 3 unspecified atom stereocenters. The van der Waals surface area contributed by atoms with E-state index >= 15 is 4.79 Å². The van der Waals surface area contributed by atoms with Crippen molar-refractivity contribution in [2.45, 2.75) is 399 Å². The molecule has 5 aliphatic carbocycles. The predicted molar refractivity (Wildman–Crippen MR) is 406 cm³/mol. The van der Waals surface area contributed by atoms with Crippen molar-refractivity contribution < 1.29 is 183 Å². The number of carbonyl (C=O) groups is 4. The van der Waals surface area contributed by atoms with Crippen LogP contribution >= 0.6 is 0 Å². The van der Waals surface area contributed by atoms with Gasteiger partial charge in [-0.15, -0.1) is 0 Å². The Hall–Kier alpha value is -3.42. The van der Waals surface area contributed by atoms with Crippen LogP contribution in [0.25, 0.3) is 0 Å². The fraction of sp³-hybridized carbons (Fsp3) is 0.927. The molecule has 4 saturated carbocycles. The summed E-state index contributed by atoms with van der Waals surface area (Å²) in [5, 5.41) is 216. The Labute approximate surface area is 696 Å². The molecule has 43 atom stereocenters. The number of nitrogens with one attached hydrogen (secondary N) is 1. The van der Waals surface area contributed by atoms with Gasteiger partial charge in [-0.2, -0.15) is 0 Å². The van der Waals surface area contributed by atoms with Crippen molar-refractivity contribution in [1.29, 1.82) is 0 Å². The first-order valence-corrected chi connectivity index (χ1v) is 43.1. The Bertz CT molecular complexity index is 3460. The van der Waals surface area contributed by atoms with E-state index in [2.05, 4.69) is 52.9 Å². The summed E-state index contributed by atoms with van der Waals surface area (Å²) in [4.78, 5) is 58.5. The monoisotopic (exact) mass is 1720 g/mol. The number of rotatable bonds is 29. The van der Waals surface area contributed by atoms with Gasteiger partial charge >= 0.3 is 11.9 Å². The summed E-state index contributed by atoms with van der Waals surface area (Å²) in [7, 11) is 0. The van der Waals surface area contributed by atoms with Crippen LogP contribution in [-0.4, -0.2) is 362 Å². The van der Waals surface area contributed by atoms with Crippen LogP contribution in [0.1, 0.15) is 184 Å². The maximum Gasteiger partial charge on any atom is 0.335 e. The second-order valence-electron chi connectivity index (χ2n) is 37.8. The number of fused-ring (bicyclic) bond motifs is 7. The Morgan fingerprint density at radius 3 is 1.62 bits per heavy atom. The molecule has 38 heteroatoms. The van der Waals surface area contributed by atoms with Crippen molar-refractivity contribution >= 4 is 24.1 Å². The number of esters is 1. The third kappa shape index (κ3) is 18.1. The summed E-state index contributed by atoms with van der Waals surface area (Å²) in [6.07, 6.45) is -48.5. The number of hydrogen-bond donors (Lipinski definition) is 20. The quantitative estimate of drug-likeness (QED) is 0.0117. The molecule has 688 valence electrons. The number of carboxylic acids is 1. The van der Waals surface area contributed by atoms with Crippen molar-refractivity contribution in [3.8, 4) is 0 Å². The van der Waals surface area contributed by atoms with Crippen LogP contribution in [0.3, 0.4) is 0 Å². The summed E-state index contributed by atoms with van der Waals surface area (Å²) in [6.45, 7) is 14.1. The fourth-order valence-corrected chi connectivity index (χ4v) is 22.3. The fourth-order valence-electron chi connectivity index (χ4n) is 22.3. The molecule has 38 nitrogen and oxygen atoms in total. The number of amides is 1. The molecule has 0 aromatic rings. The molecular weight excluding hydrogens is 1590 g/mol. The summed E-state index contributed by atoms with van der Waals surface area (Å²) < 4.78 is 87.0. The van der Waals surface area contributed by atoms with Crippen LogP contribution in [0, 0.1) is 50.2 Å². The van der Waals surface area contributed by atoms with Crippen LogP contribution in [0.15, 0.2) is 11.6 Å². The lowest BCUT2D eigenvalue weighted by Crippen LogP contribution is -2.71. The van der Waals surface area contributed by atoms with E-state index < -0.39 is 303 Å². The summed E-state index contributed by atoms with van der Waals surface area (Å²) in [5.74, 6) is -4.95. The molecule has 12 rings (SSSR count). The zero-order chi connectivity index (χ0) is 87.5. The highest BCUT2D eigenvalue weighted by molar-refractivity contribution is 5.80. The van der Waals surface area contributed by atoms with Crippen LogP contribution in [0.5, 0.6) is 0 Å². The van der Waals surface area contributed by atoms with Gasteiger partial charge < -0.3 is 173 Å². The van der Waals surface area contributed by atoms with Gasteiger partial charge in [-0.05, 0) is 117 Å². The normalized spacial score (nSPS) is 50.2. The Morgan fingerprint density at radius 1 is 0.500 bits per heavy atom. The summed E-state index contributed by atoms with van der Waals surface area (Å²) in [6, 6.07) is -1.54. The number of carbonyl (C=O) groups excluding carboxylic acids is 3. The van der Waals surface area contributed by atoms with Gasteiger partial charge in [0.2, 0.25) is 12.2 Å². The minimum atomic E-state index is -2.25. The lowest BCUT2D eigenvalue weighted by Gasteiger charge is -2.71. The summed E-state index contributed by atoms with van der Waals surface area (Å²) >= 11 is 0. The minimum Gasteiger partial charge on any atom is -0.479 e. The van der Waals surface area contributed by atoms with Gasteiger partial charge in [-0.3, -0.25) is 9.59 Å². The smallest absolute Gasteiger partial charge is 0.335 e. The van der Waals surface area contributed by atoms with Crippen LogP contribution in [-0.2, 0) is 85.5 Å². The zero-order valence-corrected chi connectivity index (χ0v) is 69.7. The highest BCUT2D eigenvalue weighted by Crippen LogP contribution is 2.76. The number of hydrogen-bond acceptors (Lipinski definition) is 36. The second kappa shape index (κ2) is 38.5. The SMILES string of the molecule is CCCCCCCCCCCC(=O)N[C@@H]1[C@H](O[C@@H]2O[C@@H](C)[C@H](O)[C@@H](O)[C@H]2O)[C@@H](O[C@@H]2O[C@@H](C)[C@H](O[C@H]3OC[C@@H](O)[C@H](O)[C@H]3O)[C@@H](O)[C@H]2O)[C@H](OC(=O)[C@]23CCC(C)(C)CC2C2=CCC4[C@@]5(C)CC[C@H](O[C@@H]6O[C@H](C(=O)O)[C@@H](O)[C@H](O[C@@H]7OC[C@@H](O)[C@H](O)[C@H]7O)[C@H]6O[C@H]6O[C@H](CO)[C@H](O)[C@H](O)[C@H]6O)[C@@](C)(C=O)C5CC[C@@]4(C)[C@]2(C)C[C@H]3O)O[C@@H]1CO. The topological polar surface area (TPSA) is 594 Å². The van der Waals surface area contributed by atoms with Gasteiger partial charge in [0.1, 0.15) is 140 Å². The lowest BCUT2D eigenvalue weighted by atomic mass is 9.33. The minimum absolute atomic E-state index is 0.0309. The van der Waals surface area contributed by atoms with Crippen LogP contribution in [0.2, 0.25) is 0 Å². The first-order chi connectivity index (χ1) is 56.6. The number of aliphatic carboxylic acids is 1. The van der Waals surface area contributed by atoms with E-state index in [0.717, 1.165) is 56.8 Å². The highest BCUT2D eigenvalue weighted by Gasteiger charge is 2.73. The Morgan fingerprint density at radius 2 is 1.02 bits per heavy atom. The van der Waals surface area contributed by atoms with E-state index in [4.69, 9.17) is 66.3 Å². The average molecular weight is 1720 g/mol. The van der Waals surface area contributed by atoms with Crippen molar-refractivity contribution in [3.63, 3.8) is 0 Å². The molecule has 0 aromatic heterocycles. The molecule has 11 fully saturated rings. The second-order valence-corrected chi connectivity index (χ2v) is 37.8. The molecule has 7 saturated heterocycles. The first kappa shape index (κ1) is 95.7. The van der Waals surface area contributed by atoms with Gasteiger partial charge in [0, 0.05) is 6.42 Å². The molecule has 0 radical (unpaired) electrons. The number of unbranched alkanes of at least 4 members (excludes halogenated alkanes) is 8. The van der Waals surface area contributed by atoms with Gasteiger partial charge in [0.25, 0.3) is 0 Å². The largest absolute Gasteiger partial charge is 0.479 e. The van der Waals surface area contributed by atoms with Crippen LogP contribution in [0.4, 0.5) is 0 Å². The molecule has 12 aliphatic rings. The van der Waals surface area contributed by atoms with Crippen molar-refractivity contribution in [2.24, 2.45) is 50.2 Å². The van der Waals surface area contributed by atoms with Crippen molar-refractivity contribution in [2.75, 3.05) is 26.4 Å². The van der Waals surface area contributed by atoms with Gasteiger partial charge in [-0.25, -0.2) is 4.79 Å². The van der Waals surface area contributed by atoms with E-state index in [0.29, 0.717) is 51.4 Å². The molecular formula is C82H133NO37. The average Bonchev–Trinajstić information content (AvgIpc) is 0.668. The van der Waals surface area contributed by atoms with Crippen molar-refractivity contribution in [3.05, 3.63) is 11.6 Å². The molecule has 0 aromatic carbocycles. The zero-order valence-electron chi connectivity index (χ0n) is 69.7. The summed E-state index contributed by atoms with van der Waals surface area (Å²) in [5.41, 5.74) is -5.39. The molecule has 1 amide bonds. The van der Waals surface area contributed by atoms with Crippen molar-refractivity contribution in [1.82, 2.24) is 5.32 Å². The van der Waals surface area contributed by atoms with E-state index in [1.165, 1.54) is 13.8 Å². The number of aliphatic hydroxyl groups excluding tert-OH is 18. The number of allylic oxidation sites excluding steroid dienone is 2. The van der Waals surface area contributed by atoms with E-state index in [9.17, 15) is 111 Å². The molecule has 0 bridgehead atoms. The first-order valence-electron chi connectivity index (χ1n) is 43.1. The lowest BCUT2D eigenvalue weighted by molar-refractivity contribution is -0.391. The number of carboxylic acid groups (broad SMARTS) is 1. The van der Waals surface area contributed by atoms with Crippen LogP contribution < -0.4 is 5.32 Å². The standard InChI is InChI=1S/C82H133NO37/c1-10-11-12-13-14-15-16-17-18-19-47(90)83-48-41(30-84)111-74(66(63(48)115-71-58(100)53(95)49(91)35(2)109-71)118-72-60(102)55(97)62(36(3)110-72)114-69-56(98)50(92)39(87)32-107-69)120-76(106)82-27-26-77(4,5)28-38(82)37-20-21-44-78(6)24-23-46(79(7,34-86)43(78)22-25-80(44,8)81(37,9)29-45(82)89)113-75-67(119-73-59(101)54(96)52(94)42(31-85)112-73)64(61(103)65(117-75)68(104)105)116-70-57(99)51(93)40(88)33-108-70/h20,34-36,38-46,48-67,69-75,84-85,87-89,91-103H,10-19,21-33H2,1-9H3,(H,83,90)(H,104,105)/t35-,36-,38?,39+,40+,41+,42+,43?,44?,45+,46-,48-,49-,50-,51-,52-,53+,54-,55-,56+,57+,58+,59+,60+,61-,62-,63-,64-,65-,66+,67+,69+,70-,71-,72-,73+,74-,75+,78-,79-,80+,81+,82+/m0/s1. The molecule has 120 heavy (non-hydrogen) atoms. The van der Waals surface area contributed by atoms with Gasteiger partial charge in [0.05, 0.1) is 62.3 Å². The van der Waals surface area contributed by atoms with E-state index in [1.54, 1.807) is 6.92 Å². The maximum absolute atomic E-state index is 16.6. The number of ether oxygens (including phenoxy) is 14. The number of aldehydes is 1. The third-order valence-corrected chi connectivity index (χ3v) is 29.7. The predicted octanol–water partition coefficient (Wildman–Crippen LogP) is -2.94. The highest BCUT2D eigenvalue weighted by atomic mass is 16.8. The molecule has 7 heterocycles. The van der Waals surface area contributed by atoms with E-state index in [-0.39, 0.29) is 31.6 Å². The van der Waals surface area contributed by atoms with Gasteiger partial charge in [0.15, 0.2) is 49.9 Å². The molecule has 7 aliphatic heterocycles. The molecule has 0 spiro atoms. The molecule has 20 N–H and O–H groups in total. The Balaban J connectivity index is 0.856. The number of aliphatic hydroxyl groups is 18. The van der Waals surface area contributed by atoms with Gasteiger partial charge in [-0.1, -0.05) is 111 Å². The third-order valence-electron chi connectivity index (χ3n) is 29.7.